The van der Waals surface area contributed by atoms with Gasteiger partial charge < -0.3 is 24.1 Å². The van der Waals surface area contributed by atoms with Crippen molar-refractivity contribution in [2.24, 2.45) is 4.99 Å². The number of oxazole rings is 1. The summed E-state index contributed by atoms with van der Waals surface area (Å²) < 4.78 is 16.7. The van der Waals surface area contributed by atoms with Crippen LogP contribution in [0.2, 0.25) is 0 Å². The van der Waals surface area contributed by atoms with Gasteiger partial charge in [0, 0.05) is 44.7 Å². The summed E-state index contributed by atoms with van der Waals surface area (Å²) in [6.45, 7) is 14.3. The van der Waals surface area contributed by atoms with Crippen molar-refractivity contribution < 1.29 is 13.9 Å². The summed E-state index contributed by atoms with van der Waals surface area (Å²) >= 11 is 0. The van der Waals surface area contributed by atoms with Crippen molar-refractivity contribution in [3.8, 4) is 11.5 Å². The number of aliphatic imine (C=N–C) groups is 1. The lowest BCUT2D eigenvalue weighted by Gasteiger charge is -2.36. The molecule has 0 saturated carbocycles. The number of aromatic nitrogens is 1. The second-order valence-corrected chi connectivity index (χ2v) is 8.99. The van der Waals surface area contributed by atoms with Gasteiger partial charge in [0.15, 0.2) is 17.5 Å². The van der Waals surface area contributed by atoms with E-state index in [1.165, 1.54) is 5.56 Å². The number of nitrogens with zero attached hydrogens (tertiary/aromatic N) is 4. The highest BCUT2D eigenvalue weighted by molar-refractivity contribution is 5.80. The molecule has 1 aliphatic heterocycles. The van der Waals surface area contributed by atoms with Crippen LogP contribution in [-0.2, 0) is 18.5 Å². The summed E-state index contributed by atoms with van der Waals surface area (Å²) in [6, 6.07) is 6.12. The van der Waals surface area contributed by atoms with Crippen LogP contribution in [0, 0.1) is 0 Å². The zero-order chi connectivity index (χ0) is 23.1. The number of nitrogens with one attached hydrogen (secondary N) is 1. The van der Waals surface area contributed by atoms with Crippen molar-refractivity contribution in [2.75, 3.05) is 46.9 Å². The largest absolute Gasteiger partial charge is 0.493 e. The molecule has 2 heterocycles. The van der Waals surface area contributed by atoms with Crippen LogP contribution in [0.5, 0.6) is 11.5 Å². The van der Waals surface area contributed by atoms with Crippen LogP contribution in [0.4, 0.5) is 0 Å². The first-order valence-electron chi connectivity index (χ1n) is 11.3. The number of guanidine groups is 1. The zero-order valence-corrected chi connectivity index (χ0v) is 20.3. The number of hydrogen-bond donors (Lipinski definition) is 1. The van der Waals surface area contributed by atoms with Gasteiger partial charge in [0.25, 0.3) is 0 Å². The fraction of sp³-hybridized carbons (Fsp3) is 0.583. The molecular weight excluding hydrogens is 406 g/mol. The predicted octanol–water partition coefficient (Wildman–Crippen LogP) is 3.27. The highest BCUT2D eigenvalue weighted by Gasteiger charge is 2.21. The van der Waals surface area contributed by atoms with E-state index in [0.29, 0.717) is 12.4 Å². The summed E-state index contributed by atoms with van der Waals surface area (Å²) in [5.41, 5.74) is 1.17. The first kappa shape index (κ1) is 23.9. The molecule has 0 amide bonds. The van der Waals surface area contributed by atoms with Crippen LogP contribution in [0.15, 0.2) is 33.8 Å². The molecule has 0 aliphatic carbocycles. The molecule has 1 N–H and O–H groups in total. The summed E-state index contributed by atoms with van der Waals surface area (Å²) in [5.74, 6) is 3.97. The van der Waals surface area contributed by atoms with Crippen LogP contribution >= 0.6 is 0 Å². The van der Waals surface area contributed by atoms with Crippen LogP contribution in [-0.4, -0.2) is 67.7 Å². The average molecular weight is 444 g/mol. The van der Waals surface area contributed by atoms with Gasteiger partial charge in [0.05, 0.1) is 20.4 Å². The molecule has 0 radical (unpaired) electrons. The Labute approximate surface area is 191 Å². The van der Waals surface area contributed by atoms with Crippen molar-refractivity contribution in [3.05, 3.63) is 41.6 Å². The molecule has 2 aromatic rings. The second-order valence-electron chi connectivity index (χ2n) is 8.99. The topological polar surface area (TPSA) is 75.4 Å². The normalized spacial score (nSPS) is 15.7. The molecule has 1 aromatic carbocycles. The van der Waals surface area contributed by atoms with Gasteiger partial charge in [-0.1, -0.05) is 26.8 Å². The number of benzene rings is 1. The van der Waals surface area contributed by atoms with Gasteiger partial charge in [-0.2, -0.15) is 0 Å². The molecule has 0 atom stereocenters. The van der Waals surface area contributed by atoms with E-state index < -0.39 is 0 Å². The highest BCUT2D eigenvalue weighted by atomic mass is 16.5. The van der Waals surface area contributed by atoms with Crippen molar-refractivity contribution in [2.45, 2.75) is 46.2 Å². The van der Waals surface area contributed by atoms with Gasteiger partial charge in [-0.3, -0.25) is 4.90 Å². The van der Waals surface area contributed by atoms with Crippen molar-refractivity contribution >= 4 is 5.96 Å². The Morgan fingerprint density at radius 3 is 2.44 bits per heavy atom. The molecule has 1 saturated heterocycles. The third kappa shape index (κ3) is 6.16. The average Bonchev–Trinajstić information content (AvgIpc) is 3.27. The lowest BCUT2D eigenvalue weighted by Crippen LogP contribution is -2.52. The Bertz CT molecular complexity index is 895. The minimum atomic E-state index is -0.0519. The lowest BCUT2D eigenvalue weighted by molar-refractivity contribution is 0.172. The maximum Gasteiger partial charge on any atom is 0.216 e. The van der Waals surface area contributed by atoms with Gasteiger partial charge in [-0.15, -0.1) is 0 Å². The van der Waals surface area contributed by atoms with Crippen molar-refractivity contribution in [3.63, 3.8) is 0 Å². The minimum Gasteiger partial charge on any atom is -0.493 e. The molecular formula is C24H37N5O3. The Morgan fingerprint density at radius 1 is 1.12 bits per heavy atom. The van der Waals surface area contributed by atoms with Gasteiger partial charge in [0.2, 0.25) is 5.89 Å². The SMILES string of the molecule is CCNC(=NCc1ncc(C(C)(C)C)o1)N1CCN(Cc2ccc(OC)c(OC)c2)CC1. The van der Waals surface area contributed by atoms with Gasteiger partial charge in [0.1, 0.15) is 12.3 Å². The lowest BCUT2D eigenvalue weighted by atomic mass is 9.94. The Kier molecular flexibility index (Phi) is 8.01. The second kappa shape index (κ2) is 10.7. The number of hydrogen-bond acceptors (Lipinski definition) is 6. The Morgan fingerprint density at radius 2 is 1.84 bits per heavy atom. The molecule has 8 nitrogen and oxygen atoms in total. The third-order valence-electron chi connectivity index (χ3n) is 5.52. The predicted molar refractivity (Wildman–Crippen MR) is 126 cm³/mol. The fourth-order valence-electron chi connectivity index (χ4n) is 3.65. The summed E-state index contributed by atoms with van der Waals surface area (Å²) in [7, 11) is 3.33. The Hall–Kier alpha value is -2.74. The number of piperazine rings is 1. The molecule has 0 unspecified atom stereocenters. The number of methoxy groups -OCH3 is 2. The third-order valence-corrected chi connectivity index (χ3v) is 5.52. The van der Waals surface area contributed by atoms with E-state index in [0.717, 1.165) is 62.5 Å². The maximum atomic E-state index is 5.89. The van der Waals surface area contributed by atoms with E-state index in [1.54, 1.807) is 14.2 Å². The van der Waals surface area contributed by atoms with Crippen LogP contribution in [0.3, 0.4) is 0 Å². The van der Waals surface area contributed by atoms with Crippen LogP contribution < -0.4 is 14.8 Å². The number of rotatable bonds is 7. The van der Waals surface area contributed by atoms with Crippen LogP contribution in [0.25, 0.3) is 0 Å². The van der Waals surface area contributed by atoms with Gasteiger partial charge in [-0.05, 0) is 24.6 Å². The molecule has 1 aliphatic rings. The summed E-state index contributed by atoms with van der Waals surface area (Å²) in [6.07, 6.45) is 1.81. The highest BCUT2D eigenvalue weighted by Crippen LogP contribution is 2.28. The van der Waals surface area contributed by atoms with E-state index in [4.69, 9.17) is 18.9 Å². The molecule has 0 bridgehead atoms. The van der Waals surface area contributed by atoms with E-state index in [2.05, 4.69) is 59.9 Å². The smallest absolute Gasteiger partial charge is 0.216 e. The van der Waals surface area contributed by atoms with E-state index in [1.807, 2.05) is 12.3 Å². The summed E-state index contributed by atoms with van der Waals surface area (Å²) in [5, 5.41) is 3.41. The molecule has 1 fully saturated rings. The zero-order valence-electron chi connectivity index (χ0n) is 20.3. The first-order chi connectivity index (χ1) is 15.3. The van der Waals surface area contributed by atoms with Crippen molar-refractivity contribution in [1.82, 2.24) is 20.1 Å². The standard InChI is InChI=1S/C24H37N5O3/c1-7-25-23(27-16-22-26-15-21(32-22)24(2,3)4)29-12-10-28(11-13-29)17-18-8-9-19(30-5)20(14-18)31-6/h8-9,14-15H,7,10-13,16-17H2,1-6H3,(H,25,27). The van der Waals surface area contributed by atoms with E-state index in [9.17, 15) is 0 Å². The van der Waals surface area contributed by atoms with Gasteiger partial charge in [-0.25, -0.2) is 9.98 Å². The summed E-state index contributed by atoms with van der Waals surface area (Å²) in [4.78, 5) is 13.9. The fourth-order valence-corrected chi connectivity index (χ4v) is 3.65. The molecule has 0 spiro atoms. The monoisotopic (exact) mass is 443 g/mol. The molecule has 8 heteroatoms. The molecule has 32 heavy (non-hydrogen) atoms. The maximum absolute atomic E-state index is 5.89. The molecule has 1 aromatic heterocycles. The number of ether oxygens (including phenoxy) is 2. The molecule has 3 rings (SSSR count). The Balaban J connectivity index is 1.58. The van der Waals surface area contributed by atoms with E-state index in [-0.39, 0.29) is 5.41 Å². The van der Waals surface area contributed by atoms with Gasteiger partial charge >= 0.3 is 0 Å². The van der Waals surface area contributed by atoms with E-state index >= 15 is 0 Å². The quantitative estimate of drug-likeness (QED) is 0.520. The van der Waals surface area contributed by atoms with Crippen molar-refractivity contribution in [1.29, 1.82) is 0 Å². The first-order valence-corrected chi connectivity index (χ1v) is 11.3. The molecule has 176 valence electrons. The minimum absolute atomic E-state index is 0.0519. The van der Waals surface area contributed by atoms with Crippen LogP contribution in [0.1, 0.15) is 44.9 Å².